The van der Waals surface area contributed by atoms with Crippen molar-refractivity contribution >= 4 is 32.8 Å². The number of likely N-dealkylation sites (tertiary alicyclic amines) is 1. The second-order valence-corrected chi connectivity index (χ2v) is 8.07. The number of nitrogens with one attached hydrogen (secondary N) is 1. The van der Waals surface area contributed by atoms with Gasteiger partial charge in [-0.15, -0.1) is 0 Å². The standard InChI is InChI=1S/C19H18F3N5O3S/c1-30-15-23-10-13-14(25-15)31-16(24-13)26-17(28)27-7-5-18(29,6-8-27)11-3-2-4-12(9-11)19(20,21)22/h2-4,9-10,29H,5-8H2,1H3,(H,24,26,28). The largest absolute Gasteiger partial charge is 0.467 e. The normalized spacial score (nSPS) is 16.4. The fourth-order valence-corrected chi connectivity index (χ4v) is 4.19. The Bertz CT molecular complexity index is 1110. The molecule has 3 heterocycles. The molecule has 31 heavy (non-hydrogen) atoms. The highest BCUT2D eigenvalue weighted by molar-refractivity contribution is 7.21. The van der Waals surface area contributed by atoms with Gasteiger partial charge in [-0.05, 0) is 30.5 Å². The first kappa shape index (κ1) is 21.2. The number of rotatable bonds is 3. The molecule has 0 bridgehead atoms. The summed E-state index contributed by atoms with van der Waals surface area (Å²) in [5.41, 5.74) is -1.53. The topological polar surface area (TPSA) is 100 Å². The van der Waals surface area contributed by atoms with Gasteiger partial charge < -0.3 is 14.7 Å². The highest BCUT2D eigenvalue weighted by atomic mass is 32.1. The van der Waals surface area contributed by atoms with E-state index in [1.807, 2.05) is 0 Å². The van der Waals surface area contributed by atoms with Gasteiger partial charge in [-0.1, -0.05) is 23.5 Å². The van der Waals surface area contributed by atoms with E-state index in [0.29, 0.717) is 15.5 Å². The van der Waals surface area contributed by atoms with Crippen LogP contribution in [0.25, 0.3) is 10.3 Å². The molecule has 8 nitrogen and oxygen atoms in total. The SMILES string of the molecule is COc1ncc2nc(NC(=O)N3CCC(O)(c4cccc(C(F)(F)F)c4)CC3)sc2n1. The van der Waals surface area contributed by atoms with Gasteiger partial charge in [-0.2, -0.15) is 18.2 Å². The van der Waals surface area contributed by atoms with E-state index in [1.165, 1.54) is 30.3 Å². The number of ether oxygens (including phenoxy) is 1. The van der Waals surface area contributed by atoms with Crippen LogP contribution in [0, 0.1) is 0 Å². The molecular formula is C19H18F3N5O3S. The van der Waals surface area contributed by atoms with E-state index in [-0.39, 0.29) is 37.5 Å². The van der Waals surface area contributed by atoms with Gasteiger partial charge in [-0.3, -0.25) is 5.32 Å². The van der Waals surface area contributed by atoms with E-state index in [1.54, 1.807) is 0 Å². The Labute approximate surface area is 178 Å². The minimum Gasteiger partial charge on any atom is -0.467 e. The molecule has 2 aromatic heterocycles. The first-order valence-corrected chi connectivity index (χ1v) is 10.1. The van der Waals surface area contributed by atoms with Crippen LogP contribution in [0.15, 0.2) is 30.5 Å². The van der Waals surface area contributed by atoms with Crippen LogP contribution >= 0.6 is 11.3 Å². The molecule has 3 aromatic rings. The van der Waals surface area contributed by atoms with Crippen molar-refractivity contribution in [3.05, 3.63) is 41.6 Å². The van der Waals surface area contributed by atoms with Gasteiger partial charge in [0, 0.05) is 13.1 Å². The van der Waals surface area contributed by atoms with Crippen LogP contribution in [0.3, 0.4) is 0 Å². The first-order chi connectivity index (χ1) is 14.7. The van der Waals surface area contributed by atoms with Crippen LogP contribution in [0.2, 0.25) is 0 Å². The smallest absolute Gasteiger partial charge is 0.416 e. The van der Waals surface area contributed by atoms with Crippen molar-refractivity contribution in [2.75, 3.05) is 25.5 Å². The summed E-state index contributed by atoms with van der Waals surface area (Å²) in [5, 5.41) is 13.9. The Morgan fingerprint density at radius 3 is 2.71 bits per heavy atom. The van der Waals surface area contributed by atoms with Gasteiger partial charge >= 0.3 is 18.2 Å². The van der Waals surface area contributed by atoms with Gasteiger partial charge in [0.05, 0.1) is 24.5 Å². The van der Waals surface area contributed by atoms with Crippen molar-refractivity contribution in [3.8, 4) is 6.01 Å². The molecule has 1 aromatic carbocycles. The molecular weight excluding hydrogens is 435 g/mol. The quantitative estimate of drug-likeness (QED) is 0.628. The molecule has 0 spiro atoms. The summed E-state index contributed by atoms with van der Waals surface area (Å²) < 4.78 is 43.9. The molecule has 0 saturated carbocycles. The van der Waals surface area contributed by atoms with Crippen LogP contribution in [0.1, 0.15) is 24.0 Å². The molecule has 0 unspecified atom stereocenters. The Hall–Kier alpha value is -2.99. The number of halogens is 3. The summed E-state index contributed by atoms with van der Waals surface area (Å²) in [6.45, 7) is 0.355. The zero-order valence-corrected chi connectivity index (χ0v) is 17.1. The monoisotopic (exact) mass is 453 g/mol. The van der Waals surface area contributed by atoms with Crippen molar-refractivity contribution < 1.29 is 27.8 Å². The summed E-state index contributed by atoms with van der Waals surface area (Å²) in [6, 6.07) is 4.46. The number of anilines is 1. The van der Waals surface area contributed by atoms with Gasteiger partial charge in [-0.25, -0.2) is 14.8 Å². The van der Waals surface area contributed by atoms with E-state index in [9.17, 15) is 23.1 Å². The number of aromatic nitrogens is 3. The average Bonchev–Trinajstić information content (AvgIpc) is 3.15. The molecule has 164 valence electrons. The Balaban J connectivity index is 1.42. The maximum atomic E-state index is 13.0. The van der Waals surface area contributed by atoms with Gasteiger partial charge in [0.2, 0.25) is 0 Å². The van der Waals surface area contributed by atoms with E-state index < -0.39 is 23.4 Å². The molecule has 4 rings (SSSR count). The molecule has 2 amide bonds. The Morgan fingerprint density at radius 1 is 1.29 bits per heavy atom. The predicted octanol–water partition coefficient (Wildman–Crippen LogP) is 3.63. The van der Waals surface area contributed by atoms with Gasteiger partial charge in [0.1, 0.15) is 5.52 Å². The van der Waals surface area contributed by atoms with Crippen molar-refractivity contribution in [2.24, 2.45) is 0 Å². The summed E-state index contributed by atoms with van der Waals surface area (Å²) in [5.74, 6) is 0. The maximum Gasteiger partial charge on any atom is 0.416 e. The van der Waals surface area contributed by atoms with Crippen molar-refractivity contribution in [1.82, 2.24) is 19.9 Å². The number of urea groups is 1. The van der Waals surface area contributed by atoms with Crippen molar-refractivity contribution in [1.29, 1.82) is 0 Å². The van der Waals surface area contributed by atoms with Crippen molar-refractivity contribution in [2.45, 2.75) is 24.6 Å². The zero-order chi connectivity index (χ0) is 22.2. The predicted molar refractivity (Wildman–Crippen MR) is 107 cm³/mol. The van der Waals surface area contributed by atoms with E-state index in [0.717, 1.165) is 23.5 Å². The molecule has 12 heteroatoms. The second-order valence-electron chi connectivity index (χ2n) is 7.09. The highest BCUT2D eigenvalue weighted by Crippen LogP contribution is 2.37. The number of fused-ring (bicyclic) bond motifs is 1. The third-order valence-electron chi connectivity index (χ3n) is 5.13. The summed E-state index contributed by atoms with van der Waals surface area (Å²) >= 11 is 1.16. The number of amides is 2. The number of nitrogens with zero attached hydrogens (tertiary/aromatic N) is 4. The lowest BCUT2D eigenvalue weighted by Crippen LogP contribution is -2.46. The molecule has 1 saturated heterocycles. The van der Waals surface area contributed by atoms with Crippen LogP contribution in [-0.2, 0) is 11.8 Å². The molecule has 1 aliphatic heterocycles. The lowest BCUT2D eigenvalue weighted by molar-refractivity contribution is -0.137. The minimum atomic E-state index is -4.49. The number of thiazole rings is 1. The number of hydrogen-bond acceptors (Lipinski definition) is 7. The number of carbonyl (C=O) groups excluding carboxylic acids is 1. The number of carbonyl (C=O) groups is 1. The van der Waals surface area contributed by atoms with Gasteiger partial charge in [0.25, 0.3) is 0 Å². The number of benzene rings is 1. The first-order valence-electron chi connectivity index (χ1n) is 9.31. The lowest BCUT2D eigenvalue weighted by Gasteiger charge is -2.38. The molecule has 0 aliphatic carbocycles. The Morgan fingerprint density at radius 2 is 2.03 bits per heavy atom. The number of alkyl halides is 3. The highest BCUT2D eigenvalue weighted by Gasteiger charge is 2.38. The second kappa shape index (κ2) is 7.93. The summed E-state index contributed by atoms with van der Waals surface area (Å²) in [6.07, 6.45) is -2.77. The molecule has 1 fully saturated rings. The fraction of sp³-hybridized carbons (Fsp3) is 0.368. The lowest BCUT2D eigenvalue weighted by atomic mass is 9.84. The van der Waals surface area contributed by atoms with Crippen molar-refractivity contribution in [3.63, 3.8) is 0 Å². The molecule has 0 atom stereocenters. The molecule has 2 N–H and O–H groups in total. The molecule has 1 aliphatic rings. The fourth-order valence-electron chi connectivity index (χ4n) is 3.40. The van der Waals surface area contributed by atoms with E-state index in [4.69, 9.17) is 4.74 Å². The van der Waals surface area contributed by atoms with Gasteiger partial charge in [0.15, 0.2) is 9.96 Å². The summed E-state index contributed by atoms with van der Waals surface area (Å²) in [7, 11) is 1.45. The number of piperidine rings is 1. The Kier molecular flexibility index (Phi) is 5.43. The van der Waals surface area contributed by atoms with Crippen LogP contribution in [0.5, 0.6) is 6.01 Å². The van der Waals surface area contributed by atoms with Crippen LogP contribution in [-0.4, -0.2) is 51.2 Å². The molecule has 0 radical (unpaired) electrons. The zero-order valence-electron chi connectivity index (χ0n) is 16.3. The summed E-state index contributed by atoms with van der Waals surface area (Å²) in [4.78, 5) is 27.0. The number of methoxy groups -OCH3 is 1. The number of aliphatic hydroxyl groups is 1. The van der Waals surface area contributed by atoms with E-state index >= 15 is 0 Å². The maximum absolute atomic E-state index is 13.0. The average molecular weight is 453 g/mol. The third kappa shape index (κ3) is 4.39. The van der Waals surface area contributed by atoms with Crippen LogP contribution in [0.4, 0.5) is 23.1 Å². The van der Waals surface area contributed by atoms with Crippen LogP contribution < -0.4 is 10.1 Å². The van der Waals surface area contributed by atoms with E-state index in [2.05, 4.69) is 20.3 Å². The third-order valence-corrected chi connectivity index (χ3v) is 6.01. The minimum absolute atomic E-state index is 0.115. The number of hydrogen-bond donors (Lipinski definition) is 2.